The number of aliphatic hydroxyl groups is 1. The number of likely N-dealkylation sites (tertiary alicyclic amines) is 1. The molecule has 0 radical (unpaired) electrons. The van der Waals surface area contributed by atoms with Gasteiger partial charge < -0.3 is 19.7 Å². The number of hydrogen-bond acceptors (Lipinski definition) is 5. The van der Waals surface area contributed by atoms with Crippen molar-refractivity contribution in [1.82, 2.24) is 4.90 Å². The number of phenols is 1. The van der Waals surface area contributed by atoms with Crippen LogP contribution in [-0.2, 0) is 16.6 Å². The monoisotopic (exact) mass is 453 g/mol. The first-order chi connectivity index (χ1) is 15.5. The van der Waals surface area contributed by atoms with Crippen molar-refractivity contribution >= 4 is 0 Å². The summed E-state index contributed by atoms with van der Waals surface area (Å²) in [5.41, 5.74) is 0.513. The van der Waals surface area contributed by atoms with Gasteiger partial charge in [0.1, 0.15) is 11.7 Å². The van der Waals surface area contributed by atoms with Crippen molar-refractivity contribution in [3.8, 4) is 11.5 Å². The van der Waals surface area contributed by atoms with Gasteiger partial charge >= 0.3 is 0 Å². The lowest BCUT2D eigenvalue weighted by Gasteiger charge is -2.75. The summed E-state index contributed by atoms with van der Waals surface area (Å²) in [5.74, 6) is 0.854. The van der Waals surface area contributed by atoms with Crippen molar-refractivity contribution in [2.45, 2.75) is 88.6 Å². The molecule has 33 heavy (non-hydrogen) atoms. The third-order valence-corrected chi connectivity index (χ3v) is 11.0. The topological polar surface area (TPSA) is 62.2 Å². The highest BCUT2D eigenvalue weighted by molar-refractivity contribution is 5.63. The number of piperidine rings is 1. The number of rotatable bonds is 4. The second-order valence-corrected chi connectivity index (χ2v) is 12.6. The van der Waals surface area contributed by atoms with Crippen LogP contribution >= 0.6 is 0 Å². The molecule has 0 amide bonds. The molecule has 2 N–H and O–H groups in total. The average Bonchev–Trinajstić information content (AvgIpc) is 3.13. The number of ether oxygens (including phenoxy) is 2. The van der Waals surface area contributed by atoms with Crippen LogP contribution in [0.2, 0.25) is 0 Å². The predicted octanol–water partition coefficient (Wildman–Crippen LogP) is 4.19. The molecule has 2 heterocycles. The van der Waals surface area contributed by atoms with Gasteiger partial charge in [-0.15, -0.1) is 6.58 Å². The number of hydrogen-bond donors (Lipinski definition) is 2. The van der Waals surface area contributed by atoms with E-state index in [9.17, 15) is 10.2 Å². The van der Waals surface area contributed by atoms with E-state index in [2.05, 4.69) is 38.3 Å². The molecule has 180 valence electrons. The van der Waals surface area contributed by atoms with Gasteiger partial charge in [0, 0.05) is 42.0 Å². The second kappa shape index (κ2) is 6.35. The lowest BCUT2D eigenvalue weighted by molar-refractivity contribution is -0.312. The molecule has 1 saturated heterocycles. The van der Waals surface area contributed by atoms with Gasteiger partial charge in [-0.05, 0) is 62.6 Å². The highest BCUT2D eigenvalue weighted by atomic mass is 16.6. The van der Waals surface area contributed by atoms with E-state index in [0.29, 0.717) is 11.8 Å². The maximum absolute atomic E-state index is 12.1. The van der Waals surface area contributed by atoms with E-state index in [1.54, 1.807) is 13.2 Å². The molecular formula is C28H39NO4. The smallest absolute Gasteiger partial charge is 0.165 e. The minimum absolute atomic E-state index is 0.0227. The molecule has 6 aliphatic rings. The lowest BCUT2D eigenvalue weighted by Crippen LogP contribution is -2.83. The quantitative estimate of drug-likeness (QED) is 0.670. The first-order valence-corrected chi connectivity index (χ1v) is 12.6. The number of methoxy groups -OCH3 is 1. The van der Waals surface area contributed by atoms with Gasteiger partial charge in [-0.3, -0.25) is 4.90 Å². The van der Waals surface area contributed by atoms with Crippen molar-refractivity contribution < 1.29 is 19.7 Å². The Labute approximate surface area is 197 Å². The maximum atomic E-state index is 12.1. The lowest BCUT2D eigenvalue weighted by atomic mass is 9.33. The van der Waals surface area contributed by atoms with Gasteiger partial charge in [0.25, 0.3) is 0 Å². The predicted molar refractivity (Wildman–Crippen MR) is 128 cm³/mol. The summed E-state index contributed by atoms with van der Waals surface area (Å²) in [5, 5.41) is 23.0. The highest BCUT2D eigenvalue weighted by Crippen LogP contribution is 2.77. The molecular weight excluding hydrogens is 414 g/mol. The Bertz CT molecular complexity index is 1030. The van der Waals surface area contributed by atoms with Gasteiger partial charge in [0.15, 0.2) is 11.5 Å². The molecule has 1 aromatic carbocycles. The highest BCUT2D eigenvalue weighted by Gasteiger charge is 2.82. The van der Waals surface area contributed by atoms with Crippen LogP contribution in [0.3, 0.4) is 0 Å². The molecule has 4 bridgehead atoms. The summed E-state index contributed by atoms with van der Waals surface area (Å²) in [7, 11) is 1.81. The molecule has 7 rings (SSSR count). The Hall–Kier alpha value is -1.56. The summed E-state index contributed by atoms with van der Waals surface area (Å²) in [6, 6.07) is 4.29. The van der Waals surface area contributed by atoms with Gasteiger partial charge in [0.2, 0.25) is 0 Å². The Morgan fingerprint density at radius 3 is 2.67 bits per heavy atom. The molecule has 1 aromatic rings. The van der Waals surface area contributed by atoms with Crippen molar-refractivity contribution in [3.05, 3.63) is 35.9 Å². The Morgan fingerprint density at radius 2 is 2.00 bits per heavy atom. The molecule has 5 heteroatoms. The maximum Gasteiger partial charge on any atom is 0.165 e. The van der Waals surface area contributed by atoms with E-state index < -0.39 is 11.2 Å². The van der Waals surface area contributed by atoms with E-state index in [1.807, 2.05) is 13.0 Å². The molecule has 4 aliphatic carbocycles. The third kappa shape index (κ3) is 2.21. The standard InChI is InChI=1S/C28H39NO4/c1-7-13-29-14-12-27-21-17-8-9-18(30)22(21)33-23(27)28(32-6)11-10-26(27,20(29)15-17)16-19(28)25(5,31)24(2,3)4/h7-9,19-20,23,30-31H,1,10-16H2,2-6H3/t19-,20?,23+,25-,26?,27-,28+/m0/s1. The zero-order valence-corrected chi connectivity index (χ0v) is 20.8. The molecule has 2 unspecified atom stereocenters. The number of benzene rings is 1. The van der Waals surface area contributed by atoms with Crippen LogP contribution < -0.4 is 4.74 Å². The zero-order chi connectivity index (χ0) is 23.6. The van der Waals surface area contributed by atoms with Crippen LogP contribution in [0, 0.1) is 16.7 Å². The van der Waals surface area contributed by atoms with E-state index in [1.165, 1.54) is 11.1 Å². The van der Waals surface area contributed by atoms with Crippen molar-refractivity contribution in [2.75, 3.05) is 20.2 Å². The average molecular weight is 454 g/mol. The Kier molecular flexibility index (Phi) is 4.22. The summed E-state index contributed by atoms with van der Waals surface area (Å²) < 4.78 is 13.4. The molecule has 7 atom stereocenters. The summed E-state index contributed by atoms with van der Waals surface area (Å²) >= 11 is 0. The van der Waals surface area contributed by atoms with Crippen LogP contribution in [0.5, 0.6) is 11.5 Å². The first-order valence-electron chi connectivity index (χ1n) is 12.6. The van der Waals surface area contributed by atoms with Gasteiger partial charge in [0.05, 0.1) is 5.60 Å². The minimum Gasteiger partial charge on any atom is -0.504 e. The molecule has 2 spiro atoms. The largest absolute Gasteiger partial charge is 0.504 e. The first kappa shape index (κ1) is 21.9. The van der Waals surface area contributed by atoms with Gasteiger partial charge in [-0.25, -0.2) is 0 Å². The summed E-state index contributed by atoms with van der Waals surface area (Å²) in [6.07, 6.45) is 6.62. The number of fused-ring (bicyclic) bond motifs is 2. The zero-order valence-electron chi connectivity index (χ0n) is 20.8. The summed E-state index contributed by atoms with van der Waals surface area (Å²) in [6.45, 7) is 14.3. The van der Waals surface area contributed by atoms with E-state index in [0.717, 1.165) is 45.2 Å². The number of phenolic OH excluding ortho intramolecular Hbond substituents is 1. The molecule has 5 nitrogen and oxygen atoms in total. The van der Waals surface area contributed by atoms with Crippen molar-refractivity contribution in [3.63, 3.8) is 0 Å². The molecule has 3 saturated carbocycles. The molecule has 2 aliphatic heterocycles. The number of nitrogens with zero attached hydrogens (tertiary/aromatic N) is 1. The van der Waals surface area contributed by atoms with Crippen LogP contribution in [0.25, 0.3) is 0 Å². The van der Waals surface area contributed by atoms with Crippen LogP contribution in [-0.4, -0.2) is 58.7 Å². The fourth-order valence-corrected chi connectivity index (χ4v) is 9.11. The van der Waals surface area contributed by atoms with Crippen molar-refractivity contribution in [1.29, 1.82) is 0 Å². The minimum atomic E-state index is -0.934. The van der Waals surface area contributed by atoms with E-state index >= 15 is 0 Å². The third-order valence-electron chi connectivity index (χ3n) is 11.0. The van der Waals surface area contributed by atoms with Gasteiger partial charge in [-0.2, -0.15) is 0 Å². The Morgan fingerprint density at radius 1 is 1.24 bits per heavy atom. The van der Waals surface area contributed by atoms with Crippen LogP contribution in [0.4, 0.5) is 0 Å². The second-order valence-electron chi connectivity index (χ2n) is 12.6. The fourth-order valence-electron chi connectivity index (χ4n) is 9.11. The fraction of sp³-hybridized carbons (Fsp3) is 0.714. The normalized spacial score (nSPS) is 42.4. The SMILES string of the molecule is C=CCN1CC[C@]23c4c5ccc(O)c4O[C@H]2[C@@]2(OC)CCC3(C[C@H]2[C@](C)(O)C(C)(C)C)C1C5. The molecule has 0 aromatic heterocycles. The van der Waals surface area contributed by atoms with E-state index in [4.69, 9.17) is 9.47 Å². The van der Waals surface area contributed by atoms with Gasteiger partial charge in [-0.1, -0.05) is 32.9 Å². The van der Waals surface area contributed by atoms with Crippen molar-refractivity contribution in [2.24, 2.45) is 16.7 Å². The van der Waals surface area contributed by atoms with Crippen LogP contribution in [0.1, 0.15) is 64.5 Å². The van der Waals surface area contributed by atoms with Crippen LogP contribution in [0.15, 0.2) is 24.8 Å². The summed E-state index contributed by atoms with van der Waals surface area (Å²) in [4.78, 5) is 2.62. The number of aromatic hydroxyl groups is 1. The molecule has 4 fully saturated rings. The Balaban J connectivity index is 1.64. The van der Waals surface area contributed by atoms with E-state index in [-0.39, 0.29) is 34.0 Å².